The summed E-state index contributed by atoms with van der Waals surface area (Å²) in [6, 6.07) is 14.3. The van der Waals surface area contributed by atoms with Crippen molar-refractivity contribution in [2.24, 2.45) is 5.10 Å². The quantitative estimate of drug-likeness (QED) is 0.399. The van der Waals surface area contributed by atoms with Crippen LogP contribution < -0.4 is 5.43 Å². The Hall–Kier alpha value is -3.17. The predicted molar refractivity (Wildman–Crippen MR) is 111 cm³/mol. The first-order valence-corrected chi connectivity index (χ1v) is 11.0. The zero-order valence-electron chi connectivity index (χ0n) is 14.8. The molecule has 4 rings (SSSR count). The summed E-state index contributed by atoms with van der Waals surface area (Å²) in [5, 5.41) is 4.19. The Morgan fingerprint density at radius 3 is 2.61 bits per heavy atom. The minimum absolute atomic E-state index is 0.295. The highest BCUT2D eigenvalue weighted by atomic mass is 32.2. The average Bonchev–Trinajstić information content (AvgIpc) is 3.13. The Balaban J connectivity index is 1.63. The van der Waals surface area contributed by atoms with E-state index < -0.39 is 9.84 Å². The summed E-state index contributed by atoms with van der Waals surface area (Å²) in [7, 11) is -3.22. The lowest BCUT2D eigenvalue weighted by molar-refractivity contribution is 0.602. The normalized spacial score (nSPS) is 11.9. The number of aromatic nitrogens is 3. The van der Waals surface area contributed by atoms with Crippen LogP contribution in [0.15, 0.2) is 71.1 Å². The van der Waals surface area contributed by atoms with Gasteiger partial charge in [0.25, 0.3) is 0 Å². The van der Waals surface area contributed by atoms with Crippen LogP contribution in [-0.2, 0) is 9.84 Å². The molecule has 28 heavy (non-hydrogen) atoms. The third-order valence-corrected chi connectivity index (χ3v) is 6.24. The molecule has 0 aliphatic heterocycles. The van der Waals surface area contributed by atoms with Crippen LogP contribution in [0.25, 0.3) is 20.7 Å². The number of hydrogen-bond acceptors (Lipinski definition) is 8. The molecule has 140 valence electrons. The number of pyridine rings is 1. The van der Waals surface area contributed by atoms with Crippen molar-refractivity contribution < 1.29 is 8.42 Å². The molecule has 7 nitrogen and oxygen atoms in total. The molecule has 0 saturated heterocycles. The lowest BCUT2D eigenvalue weighted by atomic mass is 10.2. The second-order valence-electron chi connectivity index (χ2n) is 5.97. The number of sulfone groups is 1. The van der Waals surface area contributed by atoms with Crippen molar-refractivity contribution in [3.8, 4) is 10.4 Å². The van der Waals surface area contributed by atoms with E-state index in [-0.39, 0.29) is 0 Å². The van der Waals surface area contributed by atoms with Gasteiger partial charge in [0.05, 0.1) is 27.0 Å². The summed E-state index contributed by atoms with van der Waals surface area (Å²) in [4.78, 5) is 14.0. The number of anilines is 1. The van der Waals surface area contributed by atoms with Crippen molar-refractivity contribution >= 4 is 43.4 Å². The van der Waals surface area contributed by atoms with E-state index in [0.29, 0.717) is 10.7 Å². The average molecular weight is 409 g/mol. The number of nitrogens with zero attached hydrogens (tertiary/aromatic N) is 4. The van der Waals surface area contributed by atoms with Gasteiger partial charge in [-0.3, -0.25) is 10.4 Å². The molecule has 3 aromatic heterocycles. The third kappa shape index (κ3) is 3.90. The number of benzene rings is 1. The molecule has 1 N–H and O–H groups in total. The number of thiophene rings is 1. The summed E-state index contributed by atoms with van der Waals surface area (Å²) < 4.78 is 24.1. The van der Waals surface area contributed by atoms with Crippen molar-refractivity contribution in [2.45, 2.75) is 4.90 Å². The van der Waals surface area contributed by atoms with Crippen molar-refractivity contribution in [2.75, 3.05) is 11.7 Å². The molecule has 0 fully saturated rings. The van der Waals surface area contributed by atoms with Crippen LogP contribution in [0.3, 0.4) is 0 Å². The van der Waals surface area contributed by atoms with Crippen LogP contribution in [0, 0.1) is 0 Å². The number of rotatable bonds is 5. The van der Waals surface area contributed by atoms with Crippen LogP contribution in [0.4, 0.5) is 5.82 Å². The molecule has 0 unspecified atom stereocenters. The number of hydrogen-bond donors (Lipinski definition) is 1. The van der Waals surface area contributed by atoms with Gasteiger partial charge in [0, 0.05) is 17.3 Å². The van der Waals surface area contributed by atoms with Gasteiger partial charge in [-0.2, -0.15) is 5.10 Å². The van der Waals surface area contributed by atoms with E-state index in [2.05, 4.69) is 25.5 Å². The summed E-state index contributed by atoms with van der Waals surface area (Å²) in [5.41, 5.74) is 5.38. The molecular formula is C19H15N5O2S2. The maximum Gasteiger partial charge on any atom is 0.175 e. The second-order valence-corrected chi connectivity index (χ2v) is 9.04. The highest BCUT2D eigenvalue weighted by Crippen LogP contribution is 2.35. The monoisotopic (exact) mass is 409 g/mol. The van der Waals surface area contributed by atoms with Crippen molar-refractivity contribution in [1.82, 2.24) is 15.0 Å². The minimum atomic E-state index is -3.22. The van der Waals surface area contributed by atoms with Crippen molar-refractivity contribution in [3.05, 3.63) is 66.7 Å². The maximum absolute atomic E-state index is 11.6. The van der Waals surface area contributed by atoms with Crippen LogP contribution in [0.2, 0.25) is 0 Å². The second kappa shape index (κ2) is 7.45. The van der Waals surface area contributed by atoms with E-state index in [0.717, 1.165) is 26.4 Å². The smallest absolute Gasteiger partial charge is 0.175 e. The fourth-order valence-electron chi connectivity index (χ4n) is 2.55. The highest BCUT2D eigenvalue weighted by Gasteiger charge is 2.11. The molecule has 9 heteroatoms. The molecule has 0 radical (unpaired) electrons. The number of hydrazone groups is 1. The van der Waals surface area contributed by atoms with Crippen LogP contribution in [0.5, 0.6) is 0 Å². The maximum atomic E-state index is 11.6. The molecule has 0 aliphatic carbocycles. The Labute approximate surface area is 165 Å². The van der Waals surface area contributed by atoms with E-state index in [9.17, 15) is 8.42 Å². The van der Waals surface area contributed by atoms with Gasteiger partial charge < -0.3 is 0 Å². The molecule has 4 aromatic rings. The van der Waals surface area contributed by atoms with E-state index in [1.54, 1.807) is 36.7 Å². The van der Waals surface area contributed by atoms with E-state index in [4.69, 9.17) is 0 Å². The first kappa shape index (κ1) is 18.2. The van der Waals surface area contributed by atoms with E-state index in [1.807, 2.05) is 24.3 Å². The summed E-state index contributed by atoms with van der Waals surface area (Å²) in [6.45, 7) is 0. The van der Waals surface area contributed by atoms with Crippen LogP contribution in [0.1, 0.15) is 5.69 Å². The van der Waals surface area contributed by atoms with E-state index >= 15 is 0 Å². The van der Waals surface area contributed by atoms with Crippen molar-refractivity contribution in [1.29, 1.82) is 0 Å². The molecule has 0 amide bonds. The first-order chi connectivity index (χ1) is 13.5. The highest BCUT2D eigenvalue weighted by molar-refractivity contribution is 7.90. The SMILES string of the molecule is CS(=O)(=O)c1ccc(-c2cc3ncnc(NN=Cc4ccccn4)c3s2)cc1. The van der Waals surface area contributed by atoms with Gasteiger partial charge in [-0.25, -0.2) is 18.4 Å². The van der Waals surface area contributed by atoms with Gasteiger partial charge in [-0.15, -0.1) is 11.3 Å². The minimum Gasteiger partial charge on any atom is -0.260 e. The fraction of sp³-hybridized carbons (Fsp3) is 0.0526. The van der Waals surface area contributed by atoms with Gasteiger partial charge in [0.2, 0.25) is 0 Å². The standard InChI is InChI=1S/C19H15N5O2S2/c1-28(25,26)15-7-5-13(6-8-15)17-10-16-18(27-17)19(22-12-21-16)24-23-11-14-4-2-3-9-20-14/h2-12H,1H3,(H,21,22,24). The lowest BCUT2D eigenvalue weighted by Crippen LogP contribution is -1.95. The van der Waals surface area contributed by atoms with Gasteiger partial charge in [-0.05, 0) is 35.9 Å². The largest absolute Gasteiger partial charge is 0.260 e. The molecule has 0 saturated carbocycles. The van der Waals surface area contributed by atoms with Crippen LogP contribution >= 0.6 is 11.3 Å². The summed E-state index contributed by atoms with van der Waals surface area (Å²) in [6.07, 6.45) is 5.99. The van der Waals surface area contributed by atoms with Gasteiger partial charge in [0.1, 0.15) is 6.33 Å². The zero-order valence-corrected chi connectivity index (χ0v) is 16.4. The predicted octanol–water partition coefficient (Wildman–Crippen LogP) is 3.60. The lowest BCUT2D eigenvalue weighted by Gasteiger charge is -2.00. The van der Waals surface area contributed by atoms with Gasteiger partial charge in [0.15, 0.2) is 15.7 Å². The van der Waals surface area contributed by atoms with Crippen LogP contribution in [-0.4, -0.2) is 35.8 Å². The van der Waals surface area contributed by atoms with E-state index in [1.165, 1.54) is 23.9 Å². The van der Waals surface area contributed by atoms with Crippen molar-refractivity contribution in [3.63, 3.8) is 0 Å². The Bertz CT molecular complexity index is 1250. The molecular weight excluding hydrogens is 394 g/mol. The van der Waals surface area contributed by atoms with Gasteiger partial charge in [-0.1, -0.05) is 18.2 Å². The Kier molecular flexibility index (Phi) is 4.84. The topological polar surface area (TPSA) is 97.2 Å². The molecule has 3 heterocycles. The Morgan fingerprint density at radius 1 is 1.07 bits per heavy atom. The third-order valence-electron chi connectivity index (χ3n) is 3.93. The zero-order chi connectivity index (χ0) is 19.6. The fourth-order valence-corrected chi connectivity index (χ4v) is 4.24. The number of fused-ring (bicyclic) bond motifs is 1. The molecule has 0 spiro atoms. The summed E-state index contributed by atoms with van der Waals surface area (Å²) >= 11 is 1.51. The Morgan fingerprint density at radius 2 is 1.89 bits per heavy atom. The first-order valence-electron chi connectivity index (χ1n) is 8.26. The number of nitrogens with one attached hydrogen (secondary N) is 1. The molecule has 1 aromatic carbocycles. The van der Waals surface area contributed by atoms with Gasteiger partial charge >= 0.3 is 0 Å². The molecule has 0 atom stereocenters. The summed E-state index contributed by atoms with van der Waals surface area (Å²) in [5.74, 6) is 0.598. The molecule has 0 bridgehead atoms. The molecule has 0 aliphatic rings.